The van der Waals surface area contributed by atoms with Crippen LogP contribution in [-0.2, 0) is 0 Å². The quantitative estimate of drug-likeness (QED) is 0.688. The Labute approximate surface area is 119 Å². The number of methoxy groups -OCH3 is 1. The fraction of sp³-hybridized carbons (Fsp3) is 0.200. The monoisotopic (exact) mass is 299 g/mol. The molecule has 0 aromatic heterocycles. The van der Waals surface area contributed by atoms with Crippen LogP contribution in [-0.4, -0.2) is 14.2 Å². The van der Waals surface area contributed by atoms with Crippen LogP contribution in [0.25, 0.3) is 0 Å². The molecule has 0 saturated heterocycles. The van der Waals surface area contributed by atoms with Crippen LogP contribution in [0.15, 0.2) is 30.3 Å². The molecule has 0 saturated carbocycles. The van der Waals surface area contributed by atoms with E-state index in [2.05, 4.69) is 5.32 Å². The molecule has 0 heterocycles. The molecule has 1 N–H and O–H groups in total. The highest BCUT2D eigenvalue weighted by molar-refractivity contribution is 5.37. The molecule has 0 fully saturated rings. The van der Waals surface area contributed by atoms with Gasteiger partial charge in [0, 0.05) is 0 Å². The molecule has 0 bridgehead atoms. The molecule has 0 amide bonds. The summed E-state index contributed by atoms with van der Waals surface area (Å²) < 4.78 is 58.2. The molecule has 2 rings (SSSR count). The molecule has 21 heavy (non-hydrogen) atoms. The number of rotatable bonds is 4. The Balaban J connectivity index is 2.47. The van der Waals surface area contributed by atoms with Gasteiger partial charge in [-0.1, -0.05) is 6.07 Å². The third-order valence-electron chi connectivity index (χ3n) is 3.14. The van der Waals surface area contributed by atoms with Gasteiger partial charge in [-0.15, -0.1) is 0 Å². The minimum Gasteiger partial charge on any atom is -0.494 e. The second-order valence-corrected chi connectivity index (χ2v) is 4.41. The van der Waals surface area contributed by atoms with Gasteiger partial charge in [-0.25, -0.2) is 17.6 Å². The van der Waals surface area contributed by atoms with Crippen LogP contribution in [0.5, 0.6) is 5.75 Å². The minimum absolute atomic E-state index is 0.0603. The zero-order valence-electron chi connectivity index (χ0n) is 11.4. The van der Waals surface area contributed by atoms with Crippen molar-refractivity contribution in [2.75, 3.05) is 14.2 Å². The average molecular weight is 299 g/mol. The van der Waals surface area contributed by atoms with E-state index in [1.165, 1.54) is 19.2 Å². The predicted octanol–water partition coefficient (Wildman–Crippen LogP) is 3.56. The molecule has 1 atom stereocenters. The highest BCUT2D eigenvalue weighted by Gasteiger charge is 2.19. The SMILES string of the molecule is CNC(c1ccc(OC)c(F)c1)c1cc(F)c(F)c(F)c1. The Hall–Kier alpha value is -2.08. The maximum Gasteiger partial charge on any atom is 0.194 e. The number of nitrogens with one attached hydrogen (secondary N) is 1. The van der Waals surface area contributed by atoms with Gasteiger partial charge in [0.15, 0.2) is 29.0 Å². The van der Waals surface area contributed by atoms with E-state index in [1.807, 2.05) is 0 Å². The average Bonchev–Trinajstić information content (AvgIpc) is 2.45. The first kappa shape index (κ1) is 15.3. The van der Waals surface area contributed by atoms with Gasteiger partial charge in [0.1, 0.15) is 0 Å². The molecule has 0 spiro atoms. The molecule has 0 aliphatic rings. The number of benzene rings is 2. The van der Waals surface area contributed by atoms with Crippen LogP contribution in [0.3, 0.4) is 0 Å². The van der Waals surface area contributed by atoms with Gasteiger partial charge >= 0.3 is 0 Å². The highest BCUT2D eigenvalue weighted by atomic mass is 19.2. The first-order valence-electron chi connectivity index (χ1n) is 6.13. The van der Waals surface area contributed by atoms with Gasteiger partial charge < -0.3 is 10.1 Å². The van der Waals surface area contributed by atoms with Gasteiger partial charge in [0.05, 0.1) is 13.2 Å². The Kier molecular flexibility index (Phi) is 4.47. The van der Waals surface area contributed by atoms with Crippen LogP contribution in [0, 0.1) is 23.3 Å². The summed E-state index contributed by atoms with van der Waals surface area (Å²) in [4.78, 5) is 0. The smallest absolute Gasteiger partial charge is 0.194 e. The minimum atomic E-state index is -1.53. The van der Waals surface area contributed by atoms with Crippen LogP contribution in [0.1, 0.15) is 17.2 Å². The summed E-state index contributed by atoms with van der Waals surface area (Å²) in [6.07, 6.45) is 0. The number of ether oxygens (including phenoxy) is 1. The predicted molar refractivity (Wildman–Crippen MR) is 70.2 cm³/mol. The molecule has 2 aromatic rings. The lowest BCUT2D eigenvalue weighted by atomic mass is 9.98. The summed E-state index contributed by atoms with van der Waals surface area (Å²) in [7, 11) is 2.88. The topological polar surface area (TPSA) is 21.3 Å². The number of halogens is 4. The van der Waals surface area contributed by atoms with Crippen LogP contribution in [0.4, 0.5) is 17.6 Å². The van der Waals surface area contributed by atoms with Crippen molar-refractivity contribution in [3.63, 3.8) is 0 Å². The zero-order chi connectivity index (χ0) is 15.6. The van der Waals surface area contributed by atoms with Gasteiger partial charge in [-0.2, -0.15) is 0 Å². The molecule has 2 nitrogen and oxygen atoms in total. The van der Waals surface area contributed by atoms with Gasteiger partial charge in [-0.3, -0.25) is 0 Å². The van der Waals surface area contributed by atoms with Gasteiger partial charge in [0.2, 0.25) is 0 Å². The fourth-order valence-corrected chi connectivity index (χ4v) is 2.13. The van der Waals surface area contributed by atoms with E-state index in [-0.39, 0.29) is 11.3 Å². The first-order valence-corrected chi connectivity index (χ1v) is 6.13. The number of hydrogen-bond acceptors (Lipinski definition) is 2. The Morgan fingerprint density at radius 3 is 1.95 bits per heavy atom. The molecule has 1 unspecified atom stereocenters. The molecular formula is C15H13F4NO. The van der Waals surface area contributed by atoms with E-state index >= 15 is 0 Å². The summed E-state index contributed by atoms with van der Waals surface area (Å²) in [5.74, 6) is -4.66. The molecule has 6 heteroatoms. The van der Waals surface area contributed by atoms with E-state index in [0.717, 1.165) is 12.1 Å². The van der Waals surface area contributed by atoms with E-state index in [4.69, 9.17) is 4.74 Å². The second kappa shape index (κ2) is 6.13. The van der Waals surface area contributed by atoms with Crippen LogP contribution >= 0.6 is 0 Å². The summed E-state index contributed by atoms with van der Waals surface area (Å²) in [5, 5.41) is 2.81. The highest BCUT2D eigenvalue weighted by Crippen LogP contribution is 2.28. The summed E-state index contributed by atoms with van der Waals surface area (Å²) in [6.45, 7) is 0. The Morgan fingerprint density at radius 2 is 1.48 bits per heavy atom. The van der Waals surface area contributed by atoms with Crippen molar-refractivity contribution in [3.8, 4) is 5.75 Å². The standard InChI is InChI=1S/C15H13F4NO/c1-20-15(8-3-4-13(21-2)10(16)5-8)9-6-11(17)14(19)12(18)7-9/h3-7,15,20H,1-2H3. The van der Waals surface area contributed by atoms with Crippen molar-refractivity contribution in [3.05, 3.63) is 64.7 Å². The molecule has 2 aromatic carbocycles. The summed E-state index contributed by atoms with van der Waals surface area (Å²) in [6, 6.07) is 5.23. The largest absolute Gasteiger partial charge is 0.494 e. The molecule has 0 aliphatic carbocycles. The van der Waals surface area contributed by atoms with Crippen molar-refractivity contribution >= 4 is 0 Å². The molecule has 112 valence electrons. The number of hydrogen-bond donors (Lipinski definition) is 1. The van der Waals surface area contributed by atoms with E-state index < -0.39 is 29.3 Å². The van der Waals surface area contributed by atoms with Crippen molar-refractivity contribution in [1.82, 2.24) is 5.32 Å². The Bertz CT molecular complexity index is 637. The maximum atomic E-state index is 13.7. The van der Waals surface area contributed by atoms with E-state index in [1.54, 1.807) is 13.1 Å². The van der Waals surface area contributed by atoms with Crippen molar-refractivity contribution in [2.45, 2.75) is 6.04 Å². The zero-order valence-corrected chi connectivity index (χ0v) is 11.4. The third-order valence-corrected chi connectivity index (χ3v) is 3.14. The van der Waals surface area contributed by atoms with Crippen molar-refractivity contribution < 1.29 is 22.3 Å². The maximum absolute atomic E-state index is 13.7. The van der Waals surface area contributed by atoms with Crippen LogP contribution in [0.2, 0.25) is 0 Å². The van der Waals surface area contributed by atoms with E-state index in [0.29, 0.717) is 5.56 Å². The fourth-order valence-electron chi connectivity index (χ4n) is 2.13. The molecule has 0 radical (unpaired) electrons. The summed E-state index contributed by atoms with van der Waals surface area (Å²) in [5.41, 5.74) is 0.583. The van der Waals surface area contributed by atoms with Crippen LogP contribution < -0.4 is 10.1 Å². The van der Waals surface area contributed by atoms with E-state index in [9.17, 15) is 17.6 Å². The lowest BCUT2D eigenvalue weighted by Crippen LogP contribution is -2.18. The lowest BCUT2D eigenvalue weighted by Gasteiger charge is -2.18. The van der Waals surface area contributed by atoms with Crippen molar-refractivity contribution in [1.29, 1.82) is 0 Å². The molecule has 0 aliphatic heterocycles. The normalized spacial score (nSPS) is 12.3. The molecular weight excluding hydrogens is 286 g/mol. The van der Waals surface area contributed by atoms with Gasteiger partial charge in [0.25, 0.3) is 0 Å². The lowest BCUT2D eigenvalue weighted by molar-refractivity contribution is 0.386. The van der Waals surface area contributed by atoms with Crippen molar-refractivity contribution in [2.24, 2.45) is 0 Å². The van der Waals surface area contributed by atoms with Gasteiger partial charge in [-0.05, 0) is 42.4 Å². The third kappa shape index (κ3) is 3.00. The second-order valence-electron chi connectivity index (χ2n) is 4.41. The Morgan fingerprint density at radius 1 is 0.905 bits per heavy atom. The first-order chi connectivity index (χ1) is 9.97. The summed E-state index contributed by atoms with van der Waals surface area (Å²) >= 11 is 0.